The van der Waals surface area contributed by atoms with Crippen LogP contribution < -0.4 is 22.9 Å². The maximum absolute atomic E-state index is 10.2. The Morgan fingerprint density at radius 3 is 1.33 bits per heavy atom. The molecule has 0 spiro atoms. The number of carboxylic acid groups (broad SMARTS) is 3. The molecule has 0 rings (SSSR count). The second-order valence-corrected chi connectivity index (χ2v) is 6.44. The molecule has 11 nitrogen and oxygen atoms in total. The third-order valence-corrected chi connectivity index (χ3v) is 3.32. The van der Waals surface area contributed by atoms with Gasteiger partial charge in [-0.25, -0.2) is 0 Å². The first-order valence-electron chi connectivity index (χ1n) is 8.40. The molecule has 11 N–H and O–H groups in total. The zero-order valence-corrected chi connectivity index (χ0v) is 16.3. The Bertz CT molecular complexity index is 472. The van der Waals surface area contributed by atoms with Crippen molar-refractivity contribution in [2.24, 2.45) is 34.8 Å². The molecule has 0 radical (unpaired) electrons. The standard InChI is InChI=1S/2C6H13NO2.C4H8N2O3/c1-4(2)3-5(7)6(8)9;1-3-4(2)5(7)6(8)9;5-2(4(8)9)1-3(6)7/h2*4-5H,3,7H2,1-2H3,(H,8,9);2H,1,5H2,(H2,6,7)(H,8,9). The van der Waals surface area contributed by atoms with E-state index in [9.17, 15) is 19.2 Å². The maximum Gasteiger partial charge on any atom is 0.321 e. The number of carbonyl (C=O) groups excluding carboxylic acids is 1. The van der Waals surface area contributed by atoms with Crippen LogP contribution in [0.3, 0.4) is 0 Å². The van der Waals surface area contributed by atoms with Crippen molar-refractivity contribution >= 4 is 23.8 Å². The lowest BCUT2D eigenvalue weighted by Gasteiger charge is -2.11. The van der Waals surface area contributed by atoms with Gasteiger partial charge in [0.25, 0.3) is 0 Å². The monoisotopic (exact) mass is 394 g/mol. The molecule has 0 aromatic heterocycles. The van der Waals surface area contributed by atoms with E-state index in [1.165, 1.54) is 0 Å². The van der Waals surface area contributed by atoms with E-state index in [1.54, 1.807) is 0 Å². The molecule has 4 atom stereocenters. The quantitative estimate of drug-likeness (QED) is 0.256. The highest BCUT2D eigenvalue weighted by Gasteiger charge is 2.17. The van der Waals surface area contributed by atoms with E-state index in [0.717, 1.165) is 6.42 Å². The lowest BCUT2D eigenvalue weighted by atomic mass is 10.0. The van der Waals surface area contributed by atoms with Gasteiger partial charge >= 0.3 is 17.9 Å². The third-order valence-electron chi connectivity index (χ3n) is 3.32. The van der Waals surface area contributed by atoms with Gasteiger partial charge in [-0.2, -0.15) is 0 Å². The third kappa shape index (κ3) is 19.9. The van der Waals surface area contributed by atoms with Crippen LogP contribution in [0.5, 0.6) is 0 Å². The van der Waals surface area contributed by atoms with Crippen molar-refractivity contribution in [1.29, 1.82) is 0 Å². The van der Waals surface area contributed by atoms with Crippen molar-refractivity contribution in [1.82, 2.24) is 0 Å². The summed E-state index contributed by atoms with van der Waals surface area (Å²) >= 11 is 0. The van der Waals surface area contributed by atoms with Gasteiger partial charge in [0.15, 0.2) is 0 Å². The summed E-state index contributed by atoms with van der Waals surface area (Å²) < 4.78 is 0. The average molecular weight is 394 g/mol. The van der Waals surface area contributed by atoms with Gasteiger partial charge in [-0.1, -0.05) is 34.1 Å². The number of hydrogen-bond donors (Lipinski definition) is 7. The van der Waals surface area contributed by atoms with E-state index >= 15 is 0 Å². The Morgan fingerprint density at radius 2 is 1.22 bits per heavy atom. The molecule has 11 heteroatoms. The average Bonchev–Trinajstić information content (AvgIpc) is 2.52. The van der Waals surface area contributed by atoms with Crippen LogP contribution in [0.15, 0.2) is 0 Å². The van der Waals surface area contributed by atoms with Crippen molar-refractivity contribution in [3.8, 4) is 0 Å². The van der Waals surface area contributed by atoms with Gasteiger partial charge in [0.1, 0.15) is 18.1 Å². The van der Waals surface area contributed by atoms with Crippen LogP contribution in [0.25, 0.3) is 0 Å². The van der Waals surface area contributed by atoms with E-state index in [0.29, 0.717) is 12.3 Å². The van der Waals surface area contributed by atoms with Gasteiger partial charge in [-0.15, -0.1) is 0 Å². The van der Waals surface area contributed by atoms with Crippen molar-refractivity contribution in [2.75, 3.05) is 0 Å². The fourth-order valence-corrected chi connectivity index (χ4v) is 1.41. The molecule has 0 saturated heterocycles. The first-order chi connectivity index (χ1) is 12.2. The number of aliphatic carboxylic acids is 3. The molecule has 0 aliphatic heterocycles. The molecule has 0 aromatic carbocycles. The van der Waals surface area contributed by atoms with Crippen molar-refractivity contribution in [3.63, 3.8) is 0 Å². The maximum atomic E-state index is 10.2. The van der Waals surface area contributed by atoms with Gasteiger partial charge in [-0.05, 0) is 18.3 Å². The normalized spacial score (nSPS) is 14.4. The molecule has 0 heterocycles. The van der Waals surface area contributed by atoms with E-state index in [2.05, 4.69) is 5.73 Å². The topological polar surface area (TPSA) is 233 Å². The summed E-state index contributed by atoms with van der Waals surface area (Å²) in [5, 5.41) is 24.8. The molecular formula is C16H34N4O7. The largest absolute Gasteiger partial charge is 0.480 e. The molecule has 0 fully saturated rings. The van der Waals surface area contributed by atoms with E-state index in [1.807, 2.05) is 27.7 Å². The SMILES string of the molecule is CC(C)CC(N)C(=O)O.CCC(C)C(N)C(=O)O.NC(=O)CC(N)C(=O)O. The Morgan fingerprint density at radius 1 is 0.815 bits per heavy atom. The molecule has 4 unspecified atom stereocenters. The van der Waals surface area contributed by atoms with Crippen molar-refractivity contribution in [3.05, 3.63) is 0 Å². The van der Waals surface area contributed by atoms with Gasteiger partial charge in [-0.3, -0.25) is 19.2 Å². The molecule has 0 saturated carbocycles. The van der Waals surface area contributed by atoms with E-state index < -0.39 is 41.9 Å². The Hall–Kier alpha value is -2.24. The molecule has 0 bridgehead atoms. The Kier molecular flexibility index (Phi) is 17.5. The highest BCUT2D eigenvalue weighted by atomic mass is 16.4. The number of rotatable bonds is 9. The zero-order chi connectivity index (χ0) is 22.3. The van der Waals surface area contributed by atoms with Crippen LogP contribution in [0, 0.1) is 11.8 Å². The second-order valence-electron chi connectivity index (χ2n) is 6.44. The number of primary amides is 1. The number of hydrogen-bond acceptors (Lipinski definition) is 7. The first-order valence-corrected chi connectivity index (χ1v) is 8.40. The minimum atomic E-state index is -1.21. The van der Waals surface area contributed by atoms with Crippen LogP contribution in [-0.4, -0.2) is 57.3 Å². The minimum absolute atomic E-state index is 0.0718. The van der Waals surface area contributed by atoms with Crippen molar-refractivity contribution in [2.45, 2.75) is 65.1 Å². The molecule has 0 aromatic rings. The zero-order valence-electron chi connectivity index (χ0n) is 16.3. The van der Waals surface area contributed by atoms with Gasteiger partial charge in [0.2, 0.25) is 5.91 Å². The summed E-state index contributed by atoms with van der Waals surface area (Å²) in [6.45, 7) is 7.65. The van der Waals surface area contributed by atoms with Gasteiger partial charge < -0.3 is 38.3 Å². The summed E-state index contributed by atoms with van der Waals surface area (Å²) in [5.74, 6) is -3.31. The predicted octanol–water partition coefficient (Wildman–Crippen LogP) is -0.837. The van der Waals surface area contributed by atoms with Gasteiger partial charge in [0, 0.05) is 0 Å². The highest BCUT2D eigenvalue weighted by molar-refractivity contribution is 5.83. The van der Waals surface area contributed by atoms with Crippen LogP contribution in [-0.2, 0) is 19.2 Å². The molecule has 1 amide bonds. The van der Waals surface area contributed by atoms with Crippen LogP contribution in [0.2, 0.25) is 0 Å². The van der Waals surface area contributed by atoms with Crippen LogP contribution in [0.1, 0.15) is 47.0 Å². The number of amides is 1. The van der Waals surface area contributed by atoms with Gasteiger partial charge in [0.05, 0.1) is 6.42 Å². The lowest BCUT2D eigenvalue weighted by Crippen LogP contribution is -2.36. The summed E-state index contributed by atoms with van der Waals surface area (Å²) in [4.78, 5) is 40.2. The number of nitrogens with two attached hydrogens (primary N) is 4. The molecule has 27 heavy (non-hydrogen) atoms. The fraction of sp³-hybridized carbons (Fsp3) is 0.750. The van der Waals surface area contributed by atoms with Crippen LogP contribution in [0.4, 0.5) is 0 Å². The summed E-state index contributed by atoms with van der Waals surface area (Å²) in [6.07, 6.45) is 1.05. The highest BCUT2D eigenvalue weighted by Crippen LogP contribution is 2.04. The fourth-order valence-electron chi connectivity index (χ4n) is 1.41. The summed E-state index contributed by atoms with van der Waals surface area (Å²) in [7, 11) is 0. The van der Waals surface area contributed by atoms with Crippen LogP contribution >= 0.6 is 0 Å². The smallest absolute Gasteiger partial charge is 0.321 e. The predicted molar refractivity (Wildman–Crippen MR) is 99.6 cm³/mol. The molecule has 0 aliphatic carbocycles. The number of carbonyl (C=O) groups is 4. The first kappa shape index (κ1) is 29.5. The Labute approximate surface area is 159 Å². The summed E-state index contributed by atoms with van der Waals surface area (Å²) in [5.41, 5.74) is 20.1. The molecule has 160 valence electrons. The van der Waals surface area contributed by atoms with Crippen molar-refractivity contribution < 1.29 is 34.5 Å². The minimum Gasteiger partial charge on any atom is -0.480 e. The molecule has 0 aliphatic rings. The van der Waals surface area contributed by atoms with E-state index in [4.69, 9.17) is 32.5 Å². The second kappa shape index (κ2) is 16.0. The number of carboxylic acids is 3. The molecular weight excluding hydrogens is 360 g/mol. The van der Waals surface area contributed by atoms with E-state index in [-0.39, 0.29) is 12.3 Å². The lowest BCUT2D eigenvalue weighted by molar-refractivity contribution is -0.140. The Balaban J connectivity index is -0.000000320. The summed E-state index contributed by atoms with van der Waals surface area (Å²) in [6, 6.07) is -2.55.